The minimum atomic E-state index is 0.762. The summed E-state index contributed by atoms with van der Waals surface area (Å²) in [4.78, 5) is 13.6. The van der Waals surface area contributed by atoms with E-state index in [4.69, 9.17) is 18.2 Å². The van der Waals surface area contributed by atoms with Gasteiger partial charge in [-0.1, -0.05) is 72.8 Å². The van der Waals surface area contributed by atoms with Crippen LogP contribution in [0.4, 0.5) is 0 Å². The molecule has 6 heteroatoms. The number of furan rings is 3. The molecule has 0 fully saturated rings. The van der Waals surface area contributed by atoms with Gasteiger partial charge >= 0.3 is 0 Å². The molecule has 6 aromatic carbocycles. The fourth-order valence-electron chi connectivity index (χ4n) is 8.22. The van der Waals surface area contributed by atoms with Gasteiger partial charge in [-0.15, -0.1) is 0 Å². The molecule has 0 saturated carbocycles. The van der Waals surface area contributed by atoms with Gasteiger partial charge in [0.2, 0.25) is 0 Å². The second kappa shape index (κ2) is 12.3. The lowest BCUT2D eigenvalue weighted by Crippen LogP contribution is -1.86. The van der Waals surface area contributed by atoms with Gasteiger partial charge in [-0.25, -0.2) is 4.98 Å². The van der Waals surface area contributed by atoms with Crippen molar-refractivity contribution in [2.24, 2.45) is 0 Å². The van der Waals surface area contributed by atoms with Gasteiger partial charge in [0.1, 0.15) is 22.3 Å². The zero-order valence-electron chi connectivity index (χ0n) is 30.3. The Balaban J connectivity index is 0.881. The van der Waals surface area contributed by atoms with Crippen molar-refractivity contribution in [1.82, 2.24) is 15.0 Å². The molecule has 57 heavy (non-hydrogen) atoms. The van der Waals surface area contributed by atoms with Crippen molar-refractivity contribution in [3.8, 4) is 55.8 Å². The van der Waals surface area contributed by atoms with Crippen LogP contribution in [0, 0.1) is 0 Å². The Bertz CT molecular complexity index is 3550. The molecule has 0 spiro atoms. The molecule has 0 aliphatic rings. The van der Waals surface area contributed by atoms with Crippen molar-refractivity contribution < 1.29 is 13.3 Å². The molecule has 0 radical (unpaired) electrons. The molecule has 0 saturated heterocycles. The predicted molar refractivity (Wildman–Crippen MR) is 229 cm³/mol. The summed E-state index contributed by atoms with van der Waals surface area (Å²) in [5.41, 5.74) is 16.6. The zero-order chi connectivity index (χ0) is 37.5. The number of aromatic nitrogens is 3. The van der Waals surface area contributed by atoms with Gasteiger partial charge in [-0.2, -0.15) is 0 Å². The molecule has 0 aliphatic heterocycles. The number of fused-ring (bicyclic) bond motifs is 9. The number of hydrogen-bond donors (Lipinski definition) is 0. The molecule has 0 bridgehead atoms. The topological polar surface area (TPSA) is 78.1 Å². The maximum atomic E-state index is 6.30. The number of rotatable bonds is 5. The first-order valence-corrected chi connectivity index (χ1v) is 18.9. The summed E-state index contributed by atoms with van der Waals surface area (Å²) in [5, 5.41) is 5.28. The van der Waals surface area contributed by atoms with Crippen molar-refractivity contribution >= 4 is 65.9 Å². The van der Waals surface area contributed by atoms with E-state index < -0.39 is 0 Å². The summed E-state index contributed by atoms with van der Waals surface area (Å²) >= 11 is 0. The third kappa shape index (κ3) is 5.23. The van der Waals surface area contributed by atoms with Crippen LogP contribution >= 0.6 is 0 Å². The lowest BCUT2D eigenvalue weighted by molar-refractivity contribution is 0.666. The summed E-state index contributed by atoms with van der Waals surface area (Å²) in [5.74, 6) is 0. The molecule has 0 atom stereocenters. The quantitative estimate of drug-likeness (QED) is 0.175. The van der Waals surface area contributed by atoms with Gasteiger partial charge in [0, 0.05) is 44.9 Å². The average molecular weight is 732 g/mol. The first-order valence-electron chi connectivity index (χ1n) is 18.9. The zero-order valence-corrected chi connectivity index (χ0v) is 30.3. The maximum absolute atomic E-state index is 6.30. The first-order chi connectivity index (χ1) is 28.2. The van der Waals surface area contributed by atoms with Gasteiger partial charge in [0.05, 0.1) is 18.1 Å². The molecule has 12 aromatic rings. The Morgan fingerprint density at radius 3 is 1.23 bits per heavy atom. The van der Waals surface area contributed by atoms with E-state index in [9.17, 15) is 0 Å². The fourth-order valence-corrected chi connectivity index (χ4v) is 8.22. The molecule has 6 nitrogen and oxygen atoms in total. The van der Waals surface area contributed by atoms with Crippen LogP contribution in [0.15, 0.2) is 190 Å². The highest BCUT2D eigenvalue weighted by Crippen LogP contribution is 2.38. The molecule has 0 unspecified atom stereocenters. The molecule has 266 valence electrons. The fraction of sp³-hybridized carbons (Fsp3) is 0. The Labute approximate surface area is 325 Å². The molecule has 6 heterocycles. The molecule has 0 aliphatic carbocycles. The summed E-state index contributed by atoms with van der Waals surface area (Å²) in [6.45, 7) is 0. The van der Waals surface area contributed by atoms with Gasteiger partial charge in [0.15, 0.2) is 16.7 Å². The molecule has 0 N–H and O–H groups in total. The third-order valence-corrected chi connectivity index (χ3v) is 11.1. The van der Waals surface area contributed by atoms with E-state index in [0.717, 1.165) is 122 Å². The van der Waals surface area contributed by atoms with Crippen LogP contribution in [-0.2, 0) is 0 Å². The monoisotopic (exact) mass is 731 g/mol. The van der Waals surface area contributed by atoms with Crippen molar-refractivity contribution in [1.29, 1.82) is 0 Å². The van der Waals surface area contributed by atoms with Gasteiger partial charge in [-0.05, 0) is 123 Å². The highest BCUT2D eigenvalue weighted by molar-refractivity contribution is 6.08. The Kier molecular flexibility index (Phi) is 6.83. The Morgan fingerprint density at radius 1 is 0.298 bits per heavy atom. The summed E-state index contributed by atoms with van der Waals surface area (Å²) in [7, 11) is 0. The van der Waals surface area contributed by atoms with E-state index in [-0.39, 0.29) is 0 Å². The molecule has 12 rings (SSSR count). The highest BCUT2D eigenvalue weighted by Gasteiger charge is 2.15. The maximum Gasteiger partial charge on any atom is 0.153 e. The Morgan fingerprint density at radius 2 is 0.702 bits per heavy atom. The van der Waals surface area contributed by atoms with E-state index in [1.54, 1.807) is 18.6 Å². The number of nitrogens with zero attached hydrogens (tertiary/aromatic N) is 3. The minimum Gasteiger partial charge on any atom is -0.454 e. The average Bonchev–Trinajstić information content (AvgIpc) is 3.96. The first kappa shape index (κ1) is 31.5. The van der Waals surface area contributed by atoms with Crippen LogP contribution in [0.3, 0.4) is 0 Å². The van der Waals surface area contributed by atoms with Crippen molar-refractivity contribution in [3.63, 3.8) is 0 Å². The van der Waals surface area contributed by atoms with E-state index >= 15 is 0 Å². The second-order valence-electron chi connectivity index (χ2n) is 14.5. The van der Waals surface area contributed by atoms with Crippen LogP contribution < -0.4 is 0 Å². The normalized spacial score (nSPS) is 11.9. The largest absolute Gasteiger partial charge is 0.454 e. The summed E-state index contributed by atoms with van der Waals surface area (Å²) in [6.07, 6.45) is 7.15. The molecular weight excluding hydrogens is 703 g/mol. The standard InChI is InChI=1S/C51H29N3O3/c1-4-30(22-32(6-1)35-10-14-45-41(25-35)39-18-20-52-28-49(39)56-45)31-5-2-7-33(23-31)37-12-16-47-43(27-37)51-48(55-47)17-13-44(54-51)38-9-3-8-34(24-38)36-11-15-46-42(26-36)40-19-21-53-29-50(40)57-46/h1-29H. The minimum absolute atomic E-state index is 0.762. The lowest BCUT2D eigenvalue weighted by atomic mass is 9.95. The van der Waals surface area contributed by atoms with Gasteiger partial charge in [-0.3, -0.25) is 9.97 Å². The summed E-state index contributed by atoms with van der Waals surface area (Å²) in [6, 6.07) is 53.1. The number of pyridine rings is 3. The number of benzene rings is 6. The van der Waals surface area contributed by atoms with Crippen LogP contribution in [0.1, 0.15) is 0 Å². The van der Waals surface area contributed by atoms with E-state index in [2.05, 4.69) is 125 Å². The van der Waals surface area contributed by atoms with Crippen molar-refractivity contribution in [2.75, 3.05) is 0 Å². The predicted octanol–water partition coefficient (Wildman–Crippen LogP) is 13.9. The van der Waals surface area contributed by atoms with Gasteiger partial charge < -0.3 is 13.3 Å². The second-order valence-corrected chi connectivity index (χ2v) is 14.5. The van der Waals surface area contributed by atoms with Crippen molar-refractivity contribution in [2.45, 2.75) is 0 Å². The smallest absolute Gasteiger partial charge is 0.153 e. The van der Waals surface area contributed by atoms with Crippen LogP contribution in [-0.4, -0.2) is 15.0 Å². The molecule has 0 amide bonds. The van der Waals surface area contributed by atoms with Crippen LogP contribution in [0.25, 0.3) is 122 Å². The van der Waals surface area contributed by atoms with E-state index in [0.29, 0.717) is 0 Å². The van der Waals surface area contributed by atoms with E-state index in [1.807, 2.05) is 42.6 Å². The summed E-state index contributed by atoms with van der Waals surface area (Å²) < 4.78 is 18.3. The SMILES string of the molecule is c1cc(-c2cccc(-c3ccc4oc5ccc(-c6cccc(-c7ccc8oc9cnccc9c8c7)c6)nc5c4c3)c2)cc(-c2ccc3oc4cnccc4c3c2)c1. The lowest BCUT2D eigenvalue weighted by Gasteiger charge is -2.09. The number of hydrogen-bond acceptors (Lipinski definition) is 6. The van der Waals surface area contributed by atoms with Gasteiger partial charge in [0.25, 0.3) is 0 Å². The van der Waals surface area contributed by atoms with E-state index in [1.165, 1.54) is 0 Å². The highest BCUT2D eigenvalue weighted by atomic mass is 16.3. The third-order valence-electron chi connectivity index (χ3n) is 11.1. The van der Waals surface area contributed by atoms with Crippen molar-refractivity contribution in [3.05, 3.63) is 176 Å². The Hall–Kier alpha value is -7.83. The molecule has 6 aromatic heterocycles. The van der Waals surface area contributed by atoms with Crippen LogP contribution in [0.2, 0.25) is 0 Å². The van der Waals surface area contributed by atoms with Crippen LogP contribution in [0.5, 0.6) is 0 Å². The molecular formula is C51H29N3O3.